The minimum atomic E-state index is -0.438. The van der Waals surface area contributed by atoms with Crippen molar-refractivity contribution in [3.05, 3.63) is 40.8 Å². The van der Waals surface area contributed by atoms with E-state index in [0.717, 1.165) is 29.5 Å². The molecule has 2 aromatic rings. The number of thiophene rings is 1. The number of benzene rings is 1. The predicted octanol–water partition coefficient (Wildman–Crippen LogP) is 4.71. The number of ether oxygens (including phenoxy) is 1. The Bertz CT molecular complexity index is 834. The van der Waals surface area contributed by atoms with Crippen LogP contribution in [0.4, 0.5) is 5.00 Å². The van der Waals surface area contributed by atoms with E-state index in [1.165, 1.54) is 24.9 Å². The van der Waals surface area contributed by atoms with Crippen LogP contribution in [0.25, 0.3) is 11.1 Å². The lowest BCUT2D eigenvalue weighted by molar-refractivity contribution is -0.118. The molecule has 28 heavy (non-hydrogen) atoms. The molecule has 2 unspecified atom stereocenters. The minimum absolute atomic E-state index is 0.0944. The Morgan fingerprint density at radius 1 is 1.18 bits per heavy atom. The van der Waals surface area contributed by atoms with Gasteiger partial charge in [0.05, 0.1) is 13.7 Å². The smallest absolute Gasteiger partial charge is 0.341 e. The molecule has 5 nitrogen and oxygen atoms in total. The number of nitrogens with one attached hydrogen (secondary N) is 1. The summed E-state index contributed by atoms with van der Waals surface area (Å²) in [6.07, 6.45) is 3.43. The van der Waals surface area contributed by atoms with Gasteiger partial charge in [0.1, 0.15) is 10.6 Å². The fraction of sp³-hybridized carbons (Fsp3) is 0.455. The normalized spacial score (nSPS) is 20.0. The summed E-state index contributed by atoms with van der Waals surface area (Å²) in [5.41, 5.74) is 3.29. The van der Waals surface area contributed by atoms with Crippen LogP contribution in [0.15, 0.2) is 29.6 Å². The summed E-state index contributed by atoms with van der Waals surface area (Å²) in [7, 11) is 1.36. The largest absolute Gasteiger partial charge is 0.465 e. The van der Waals surface area contributed by atoms with Crippen LogP contribution in [0, 0.1) is 6.92 Å². The topological polar surface area (TPSA) is 58.6 Å². The number of anilines is 1. The summed E-state index contributed by atoms with van der Waals surface area (Å²) >= 11 is 1.36. The first kappa shape index (κ1) is 20.6. The standard InChI is InChI=1S/C22H28N2O3S/c1-14-8-10-17(11-9-14)18-13-28-21(20(18)22(26)27-4)23-19(25)12-24-15(2)6-5-7-16(24)3/h8-11,13,15-16H,5-7,12H2,1-4H3,(H,23,25). The van der Waals surface area contributed by atoms with Crippen molar-refractivity contribution in [2.24, 2.45) is 0 Å². The zero-order valence-corrected chi connectivity index (χ0v) is 17.8. The summed E-state index contributed by atoms with van der Waals surface area (Å²) in [6, 6.07) is 8.75. The Labute approximate surface area is 170 Å². The molecule has 0 radical (unpaired) electrons. The average molecular weight is 401 g/mol. The molecule has 1 saturated heterocycles. The van der Waals surface area contributed by atoms with Gasteiger partial charge in [-0.15, -0.1) is 11.3 Å². The van der Waals surface area contributed by atoms with Gasteiger partial charge in [0, 0.05) is 23.0 Å². The first-order valence-corrected chi connectivity index (χ1v) is 10.6. The van der Waals surface area contributed by atoms with Gasteiger partial charge in [0.15, 0.2) is 0 Å². The number of rotatable bonds is 5. The van der Waals surface area contributed by atoms with E-state index in [4.69, 9.17) is 4.74 Å². The molecular formula is C22H28N2O3S. The zero-order valence-electron chi connectivity index (χ0n) is 17.0. The van der Waals surface area contributed by atoms with Crippen LogP contribution < -0.4 is 5.32 Å². The molecule has 1 aliphatic rings. The minimum Gasteiger partial charge on any atom is -0.465 e. The van der Waals surface area contributed by atoms with Gasteiger partial charge in [-0.2, -0.15) is 0 Å². The highest BCUT2D eigenvalue weighted by Gasteiger charge is 2.28. The van der Waals surface area contributed by atoms with Crippen molar-refractivity contribution in [1.29, 1.82) is 0 Å². The third kappa shape index (κ3) is 4.45. The molecule has 0 saturated carbocycles. The van der Waals surface area contributed by atoms with Gasteiger partial charge in [0.25, 0.3) is 0 Å². The number of esters is 1. The molecule has 1 aromatic heterocycles. The van der Waals surface area contributed by atoms with Crippen LogP contribution >= 0.6 is 11.3 Å². The molecule has 0 aliphatic carbocycles. The Balaban J connectivity index is 1.82. The van der Waals surface area contributed by atoms with Crippen molar-refractivity contribution in [2.45, 2.75) is 52.1 Å². The zero-order chi connectivity index (χ0) is 20.3. The average Bonchev–Trinajstić information content (AvgIpc) is 3.08. The number of methoxy groups -OCH3 is 1. The third-order valence-electron chi connectivity index (χ3n) is 5.50. The van der Waals surface area contributed by atoms with Crippen LogP contribution in [-0.4, -0.2) is 42.5 Å². The molecule has 150 valence electrons. The highest BCUT2D eigenvalue weighted by Crippen LogP contribution is 2.36. The number of piperidine rings is 1. The van der Waals surface area contributed by atoms with E-state index in [0.29, 0.717) is 29.2 Å². The van der Waals surface area contributed by atoms with E-state index in [1.807, 2.05) is 36.6 Å². The second kappa shape index (κ2) is 8.88. The SMILES string of the molecule is COC(=O)c1c(-c2ccc(C)cc2)csc1NC(=O)CN1C(C)CCCC1C. The summed E-state index contributed by atoms with van der Waals surface area (Å²) in [4.78, 5) is 27.4. The first-order valence-electron chi connectivity index (χ1n) is 9.73. The van der Waals surface area contributed by atoms with E-state index in [9.17, 15) is 9.59 Å². The summed E-state index contributed by atoms with van der Waals surface area (Å²) in [6.45, 7) is 6.69. The molecule has 1 fully saturated rings. The Kier molecular flexibility index (Phi) is 6.52. The van der Waals surface area contributed by atoms with Gasteiger partial charge < -0.3 is 10.1 Å². The lowest BCUT2D eigenvalue weighted by Gasteiger charge is -2.38. The molecule has 2 atom stereocenters. The molecule has 2 heterocycles. The second-order valence-corrected chi connectivity index (χ2v) is 8.44. The maximum absolute atomic E-state index is 12.7. The number of likely N-dealkylation sites (tertiary alicyclic amines) is 1. The second-order valence-electron chi connectivity index (χ2n) is 7.56. The van der Waals surface area contributed by atoms with Gasteiger partial charge in [-0.05, 0) is 39.2 Å². The van der Waals surface area contributed by atoms with Crippen LogP contribution in [-0.2, 0) is 9.53 Å². The number of amides is 1. The van der Waals surface area contributed by atoms with Crippen molar-refractivity contribution >= 4 is 28.2 Å². The highest BCUT2D eigenvalue weighted by atomic mass is 32.1. The third-order valence-corrected chi connectivity index (χ3v) is 6.39. The van der Waals surface area contributed by atoms with Crippen LogP contribution in [0.2, 0.25) is 0 Å². The van der Waals surface area contributed by atoms with Crippen molar-refractivity contribution in [3.8, 4) is 11.1 Å². The monoisotopic (exact) mass is 400 g/mol. The van der Waals surface area contributed by atoms with E-state index in [2.05, 4.69) is 24.1 Å². The molecule has 0 spiro atoms. The summed E-state index contributed by atoms with van der Waals surface area (Å²) in [5.74, 6) is -0.533. The van der Waals surface area contributed by atoms with Crippen LogP contribution in [0.1, 0.15) is 49.0 Å². The number of hydrogen-bond acceptors (Lipinski definition) is 5. The van der Waals surface area contributed by atoms with E-state index >= 15 is 0 Å². The first-order chi connectivity index (χ1) is 13.4. The van der Waals surface area contributed by atoms with Gasteiger partial charge in [0.2, 0.25) is 5.91 Å². The lowest BCUT2D eigenvalue weighted by Crippen LogP contribution is -2.47. The highest BCUT2D eigenvalue weighted by molar-refractivity contribution is 7.15. The molecule has 1 aromatic carbocycles. The number of aryl methyl sites for hydroxylation is 1. The number of hydrogen-bond donors (Lipinski definition) is 1. The predicted molar refractivity (Wildman–Crippen MR) is 114 cm³/mol. The maximum atomic E-state index is 12.7. The van der Waals surface area contributed by atoms with Crippen LogP contribution in [0.3, 0.4) is 0 Å². The lowest BCUT2D eigenvalue weighted by atomic mass is 9.97. The van der Waals surface area contributed by atoms with E-state index in [-0.39, 0.29) is 5.91 Å². The number of carbonyl (C=O) groups excluding carboxylic acids is 2. The molecule has 1 amide bonds. The molecule has 3 rings (SSSR count). The van der Waals surface area contributed by atoms with E-state index in [1.54, 1.807) is 0 Å². The van der Waals surface area contributed by atoms with E-state index < -0.39 is 5.97 Å². The quantitative estimate of drug-likeness (QED) is 0.739. The van der Waals surface area contributed by atoms with Gasteiger partial charge in [-0.1, -0.05) is 36.2 Å². The molecular weight excluding hydrogens is 372 g/mol. The van der Waals surface area contributed by atoms with Crippen LogP contribution in [0.5, 0.6) is 0 Å². The van der Waals surface area contributed by atoms with Crippen molar-refractivity contribution in [3.63, 3.8) is 0 Å². The number of carbonyl (C=O) groups is 2. The molecule has 1 aliphatic heterocycles. The van der Waals surface area contributed by atoms with Crippen molar-refractivity contribution in [2.75, 3.05) is 19.0 Å². The summed E-state index contributed by atoms with van der Waals surface area (Å²) in [5, 5.41) is 5.40. The Morgan fingerprint density at radius 2 is 1.82 bits per heavy atom. The fourth-order valence-electron chi connectivity index (χ4n) is 3.82. The summed E-state index contributed by atoms with van der Waals surface area (Å²) < 4.78 is 4.99. The van der Waals surface area contributed by atoms with Gasteiger partial charge in [-0.3, -0.25) is 9.69 Å². The fourth-order valence-corrected chi connectivity index (χ4v) is 4.79. The van der Waals surface area contributed by atoms with Gasteiger partial charge >= 0.3 is 5.97 Å². The van der Waals surface area contributed by atoms with Crippen molar-refractivity contribution < 1.29 is 14.3 Å². The van der Waals surface area contributed by atoms with Crippen molar-refractivity contribution in [1.82, 2.24) is 4.90 Å². The number of nitrogens with zero attached hydrogens (tertiary/aromatic N) is 1. The van der Waals surface area contributed by atoms with Gasteiger partial charge in [-0.25, -0.2) is 4.79 Å². The molecule has 6 heteroatoms. The Hall–Kier alpha value is -2.18. The maximum Gasteiger partial charge on any atom is 0.341 e. The molecule has 0 bridgehead atoms. The molecule has 1 N–H and O–H groups in total. The Morgan fingerprint density at radius 3 is 2.43 bits per heavy atom.